The quantitative estimate of drug-likeness (QED) is 0.770. The highest BCUT2D eigenvalue weighted by Gasteiger charge is 2.38. The van der Waals surface area contributed by atoms with Crippen molar-refractivity contribution in [1.29, 1.82) is 0 Å². The summed E-state index contributed by atoms with van der Waals surface area (Å²) in [4.78, 5) is 19.2. The maximum atomic E-state index is 10.6. The third-order valence-electron chi connectivity index (χ3n) is 1.83. The number of amides is 2. The zero-order valence-corrected chi connectivity index (χ0v) is 9.99. The van der Waals surface area contributed by atoms with E-state index in [1.165, 1.54) is 5.56 Å². The Hall–Kier alpha value is -2.25. The van der Waals surface area contributed by atoms with Gasteiger partial charge in [-0.25, -0.2) is 9.59 Å². The molecule has 0 saturated carbocycles. The van der Waals surface area contributed by atoms with Crippen molar-refractivity contribution in [2.45, 2.75) is 19.6 Å². The lowest BCUT2D eigenvalue weighted by Crippen LogP contribution is -2.28. The lowest BCUT2D eigenvalue weighted by molar-refractivity contribution is -0.192. The third kappa shape index (κ3) is 8.47. The fraction of sp³-hybridized carbons (Fsp3) is 0.273. The van der Waals surface area contributed by atoms with Crippen LogP contribution in [0, 0.1) is 6.92 Å². The highest BCUT2D eigenvalue weighted by Crippen LogP contribution is 2.13. The van der Waals surface area contributed by atoms with Crippen LogP contribution in [0.2, 0.25) is 0 Å². The molecule has 0 aromatic heterocycles. The second-order valence-electron chi connectivity index (χ2n) is 3.51. The van der Waals surface area contributed by atoms with Crippen LogP contribution in [0.25, 0.3) is 0 Å². The normalized spacial score (nSPS) is 10.1. The van der Waals surface area contributed by atoms with E-state index in [-0.39, 0.29) is 0 Å². The second-order valence-corrected chi connectivity index (χ2v) is 3.51. The van der Waals surface area contributed by atoms with E-state index < -0.39 is 18.2 Å². The number of carboxylic acids is 1. The molecule has 0 radical (unpaired) electrons. The Bertz CT molecular complexity index is 430. The molecule has 0 saturated heterocycles. The van der Waals surface area contributed by atoms with E-state index in [9.17, 15) is 18.0 Å². The first kappa shape index (κ1) is 16.8. The van der Waals surface area contributed by atoms with Gasteiger partial charge in [0.15, 0.2) is 0 Å². The molecule has 1 aromatic rings. The first-order chi connectivity index (χ1) is 8.62. The molecule has 0 unspecified atom stereocenters. The van der Waals surface area contributed by atoms with Gasteiger partial charge in [0, 0.05) is 6.54 Å². The van der Waals surface area contributed by atoms with Gasteiger partial charge in [0.05, 0.1) is 0 Å². The minimum absolute atomic E-state index is 0.490. The molecule has 0 spiro atoms. The second kappa shape index (κ2) is 7.24. The van der Waals surface area contributed by atoms with Gasteiger partial charge in [-0.2, -0.15) is 13.2 Å². The summed E-state index contributed by atoms with van der Waals surface area (Å²) in [5.41, 5.74) is 7.18. The van der Waals surface area contributed by atoms with E-state index in [0.717, 1.165) is 5.56 Å². The largest absolute Gasteiger partial charge is 0.490 e. The van der Waals surface area contributed by atoms with Gasteiger partial charge in [-0.3, -0.25) is 0 Å². The molecule has 0 atom stereocenters. The zero-order valence-electron chi connectivity index (χ0n) is 9.99. The zero-order chi connectivity index (χ0) is 15.1. The number of aryl methyl sites for hydroxylation is 1. The molecule has 1 rings (SSSR count). The molecule has 0 aliphatic heterocycles. The number of hydrogen-bond acceptors (Lipinski definition) is 2. The maximum Gasteiger partial charge on any atom is 0.490 e. The van der Waals surface area contributed by atoms with E-state index in [1.54, 1.807) is 0 Å². The molecule has 1 aromatic carbocycles. The van der Waals surface area contributed by atoms with Crippen LogP contribution in [-0.4, -0.2) is 23.3 Å². The maximum absolute atomic E-state index is 10.6. The Kier molecular flexibility index (Phi) is 6.39. The van der Waals surface area contributed by atoms with Gasteiger partial charge >= 0.3 is 18.2 Å². The van der Waals surface area contributed by atoms with Crippen molar-refractivity contribution in [2.75, 3.05) is 0 Å². The number of primary amides is 1. The molecule has 0 bridgehead atoms. The molecule has 0 aliphatic carbocycles. The highest BCUT2D eigenvalue weighted by atomic mass is 19.4. The van der Waals surface area contributed by atoms with Crippen molar-refractivity contribution in [2.24, 2.45) is 5.73 Å². The van der Waals surface area contributed by atoms with Crippen LogP contribution in [0.15, 0.2) is 24.3 Å². The molecular weight excluding hydrogens is 265 g/mol. The van der Waals surface area contributed by atoms with E-state index in [4.69, 9.17) is 15.6 Å². The number of rotatable bonds is 2. The average Bonchev–Trinajstić information content (AvgIpc) is 2.27. The van der Waals surface area contributed by atoms with E-state index in [0.29, 0.717) is 6.54 Å². The number of carbonyl (C=O) groups excluding carboxylic acids is 1. The van der Waals surface area contributed by atoms with Crippen molar-refractivity contribution in [1.82, 2.24) is 5.32 Å². The summed E-state index contributed by atoms with van der Waals surface area (Å²) < 4.78 is 31.7. The number of alkyl halides is 3. The Morgan fingerprint density at radius 1 is 1.26 bits per heavy atom. The summed E-state index contributed by atoms with van der Waals surface area (Å²) in [6.07, 6.45) is -5.08. The summed E-state index contributed by atoms with van der Waals surface area (Å²) in [6.45, 7) is 2.51. The Labute approximate surface area is 107 Å². The SMILES string of the molecule is Cc1ccc(CNC(N)=O)cc1.O=C(O)C(F)(F)F. The standard InChI is InChI=1S/C9H12N2O.C2HF3O2/c1-7-2-4-8(5-3-7)6-11-9(10)12;3-2(4,5)1(6)7/h2-5H,6H2,1H3,(H3,10,11,12);(H,6,7). The lowest BCUT2D eigenvalue weighted by Gasteiger charge is -2.01. The Morgan fingerprint density at radius 2 is 1.68 bits per heavy atom. The number of urea groups is 1. The summed E-state index contributed by atoms with van der Waals surface area (Å²) >= 11 is 0. The molecule has 2 amide bonds. The van der Waals surface area contributed by atoms with Gasteiger partial charge in [-0.15, -0.1) is 0 Å². The number of hydrogen-bond donors (Lipinski definition) is 3. The van der Waals surface area contributed by atoms with Gasteiger partial charge in [0.2, 0.25) is 0 Å². The molecule has 0 heterocycles. The number of carboxylic acid groups (broad SMARTS) is 1. The fourth-order valence-corrected chi connectivity index (χ4v) is 0.895. The topological polar surface area (TPSA) is 92.4 Å². The van der Waals surface area contributed by atoms with Gasteiger partial charge < -0.3 is 16.2 Å². The van der Waals surface area contributed by atoms with Crippen molar-refractivity contribution in [3.63, 3.8) is 0 Å². The van der Waals surface area contributed by atoms with Crippen molar-refractivity contribution in [3.05, 3.63) is 35.4 Å². The predicted molar refractivity (Wildman–Crippen MR) is 61.3 cm³/mol. The summed E-state index contributed by atoms with van der Waals surface area (Å²) in [5, 5.41) is 9.65. The minimum Gasteiger partial charge on any atom is -0.475 e. The van der Waals surface area contributed by atoms with E-state index in [2.05, 4.69) is 5.32 Å². The van der Waals surface area contributed by atoms with Gasteiger partial charge in [-0.05, 0) is 12.5 Å². The van der Waals surface area contributed by atoms with Crippen LogP contribution in [0.4, 0.5) is 18.0 Å². The van der Waals surface area contributed by atoms with Crippen LogP contribution in [0.3, 0.4) is 0 Å². The summed E-state index contributed by atoms with van der Waals surface area (Å²) in [5.74, 6) is -2.76. The Balaban J connectivity index is 0.000000399. The van der Waals surface area contributed by atoms with Crippen LogP contribution in [0.5, 0.6) is 0 Å². The predicted octanol–water partition coefficient (Wildman–Crippen LogP) is 1.80. The monoisotopic (exact) mass is 278 g/mol. The fourth-order valence-electron chi connectivity index (χ4n) is 0.895. The van der Waals surface area contributed by atoms with E-state index >= 15 is 0 Å². The first-order valence-corrected chi connectivity index (χ1v) is 5.02. The van der Waals surface area contributed by atoms with Crippen molar-refractivity contribution in [3.8, 4) is 0 Å². The van der Waals surface area contributed by atoms with Crippen molar-refractivity contribution < 1.29 is 27.9 Å². The lowest BCUT2D eigenvalue weighted by atomic mass is 10.1. The smallest absolute Gasteiger partial charge is 0.475 e. The number of carbonyl (C=O) groups is 2. The highest BCUT2D eigenvalue weighted by molar-refractivity contribution is 5.73. The third-order valence-corrected chi connectivity index (χ3v) is 1.83. The molecular formula is C11H13F3N2O3. The number of halogens is 3. The number of nitrogens with two attached hydrogens (primary N) is 1. The molecule has 0 aliphatic rings. The van der Waals surface area contributed by atoms with Gasteiger partial charge in [0.1, 0.15) is 0 Å². The van der Waals surface area contributed by atoms with Gasteiger partial charge in [-0.1, -0.05) is 29.8 Å². The van der Waals surface area contributed by atoms with Crippen LogP contribution < -0.4 is 11.1 Å². The number of nitrogens with one attached hydrogen (secondary N) is 1. The molecule has 106 valence electrons. The molecule has 8 heteroatoms. The van der Waals surface area contributed by atoms with Crippen LogP contribution >= 0.6 is 0 Å². The molecule has 19 heavy (non-hydrogen) atoms. The molecule has 4 N–H and O–H groups in total. The van der Waals surface area contributed by atoms with Gasteiger partial charge in [0.25, 0.3) is 0 Å². The molecule has 5 nitrogen and oxygen atoms in total. The van der Waals surface area contributed by atoms with Crippen LogP contribution in [-0.2, 0) is 11.3 Å². The Morgan fingerprint density at radius 3 is 2.00 bits per heavy atom. The summed E-state index contributed by atoms with van der Waals surface area (Å²) in [6, 6.07) is 7.43. The average molecular weight is 278 g/mol. The first-order valence-electron chi connectivity index (χ1n) is 5.02. The molecule has 0 fully saturated rings. The number of aliphatic carboxylic acids is 1. The summed E-state index contributed by atoms with van der Waals surface area (Å²) in [7, 11) is 0. The van der Waals surface area contributed by atoms with Crippen molar-refractivity contribution >= 4 is 12.0 Å². The van der Waals surface area contributed by atoms with E-state index in [1.807, 2.05) is 31.2 Å². The minimum atomic E-state index is -5.08. The number of benzene rings is 1. The van der Waals surface area contributed by atoms with Crippen LogP contribution in [0.1, 0.15) is 11.1 Å².